The Bertz CT molecular complexity index is 1450. The van der Waals surface area contributed by atoms with Crippen molar-refractivity contribution in [1.29, 1.82) is 0 Å². The number of carbonyl (C=O) groups is 1. The molecule has 0 spiro atoms. The third-order valence-electron chi connectivity index (χ3n) is 6.91. The molecule has 210 valence electrons. The summed E-state index contributed by atoms with van der Waals surface area (Å²) in [5.74, 6) is 2.17. The number of nitrogens with one attached hydrogen (secondary N) is 3. The van der Waals surface area contributed by atoms with Gasteiger partial charge in [-0.25, -0.2) is 4.79 Å². The monoisotopic (exact) mass is 584 g/mol. The number of urea groups is 1. The van der Waals surface area contributed by atoms with Crippen molar-refractivity contribution in [3.63, 3.8) is 0 Å². The van der Waals surface area contributed by atoms with Crippen LogP contribution in [0.4, 0.5) is 29.3 Å². The van der Waals surface area contributed by atoms with Crippen molar-refractivity contribution < 1.29 is 18.0 Å². The molecule has 2 heterocycles. The largest absolute Gasteiger partial charge is 0.406 e. The van der Waals surface area contributed by atoms with Gasteiger partial charge in [0.1, 0.15) is 6.54 Å². The molecule has 0 unspecified atom stereocenters. The van der Waals surface area contributed by atoms with Crippen LogP contribution in [-0.4, -0.2) is 40.6 Å². The van der Waals surface area contributed by atoms with Crippen molar-refractivity contribution in [3.05, 3.63) is 78.4 Å². The molecule has 40 heavy (non-hydrogen) atoms. The summed E-state index contributed by atoms with van der Waals surface area (Å²) in [5, 5.41) is 10.00. The highest BCUT2D eigenvalue weighted by atomic mass is 32.2. The van der Waals surface area contributed by atoms with Crippen molar-refractivity contribution >= 4 is 51.8 Å². The van der Waals surface area contributed by atoms with E-state index in [0.29, 0.717) is 28.5 Å². The summed E-state index contributed by atoms with van der Waals surface area (Å²) in [7, 11) is 0. The lowest BCUT2D eigenvalue weighted by atomic mass is 10.1. The zero-order valence-corrected chi connectivity index (χ0v) is 23.7. The molecule has 2 amide bonds. The first kappa shape index (κ1) is 28.3. The maximum Gasteiger partial charge on any atom is 0.406 e. The van der Waals surface area contributed by atoms with E-state index in [0.717, 1.165) is 45.9 Å². The van der Waals surface area contributed by atoms with Crippen LogP contribution in [0.3, 0.4) is 0 Å². The molecular formula is C30H31F3N4OS2. The average molecular weight is 585 g/mol. The lowest BCUT2D eigenvalue weighted by Gasteiger charge is -2.24. The summed E-state index contributed by atoms with van der Waals surface area (Å²) in [6.07, 6.45) is -0.302. The van der Waals surface area contributed by atoms with Crippen molar-refractivity contribution in [1.82, 2.24) is 9.88 Å². The molecule has 0 saturated carbocycles. The number of amides is 2. The summed E-state index contributed by atoms with van der Waals surface area (Å²) < 4.78 is 42.3. The van der Waals surface area contributed by atoms with Gasteiger partial charge in [0.2, 0.25) is 0 Å². The molecule has 0 aliphatic carbocycles. The number of hydrogen-bond donors (Lipinski definition) is 3. The number of alkyl halides is 3. The molecule has 1 fully saturated rings. The van der Waals surface area contributed by atoms with Crippen molar-refractivity contribution in [2.24, 2.45) is 0 Å². The highest BCUT2D eigenvalue weighted by molar-refractivity contribution is 7.99. The van der Waals surface area contributed by atoms with Gasteiger partial charge in [-0.2, -0.15) is 24.9 Å². The second kappa shape index (κ2) is 12.5. The van der Waals surface area contributed by atoms with E-state index in [-0.39, 0.29) is 12.6 Å². The van der Waals surface area contributed by atoms with E-state index in [1.807, 2.05) is 84.7 Å². The molecule has 4 aromatic rings. The van der Waals surface area contributed by atoms with Crippen LogP contribution in [0.25, 0.3) is 22.2 Å². The molecule has 1 saturated heterocycles. The van der Waals surface area contributed by atoms with Gasteiger partial charge in [-0.05, 0) is 84.2 Å². The summed E-state index contributed by atoms with van der Waals surface area (Å²) in [4.78, 5) is 13.4. The lowest BCUT2D eigenvalue weighted by Crippen LogP contribution is -2.28. The van der Waals surface area contributed by atoms with Crippen LogP contribution in [-0.2, 0) is 13.1 Å². The Labute approximate surface area is 240 Å². The third kappa shape index (κ3) is 7.09. The Balaban J connectivity index is 1.33. The van der Waals surface area contributed by atoms with Crippen LogP contribution in [0.5, 0.6) is 0 Å². The highest BCUT2D eigenvalue weighted by Crippen LogP contribution is 2.36. The Hall–Kier alpha value is -3.24. The van der Waals surface area contributed by atoms with E-state index in [4.69, 9.17) is 0 Å². The standard InChI is InChI=1S/C30H31F3N4OS2/c1-39-24-11-9-22(10-12-24)36-29(38)34-18-20-5-7-21(8-6-20)28-17-25-26(35-23-13-15-40-16-14-23)3-2-4-27(25)37(28)19-30(31,32)33/h2-12,17,23,35H,13-16,18-19H2,1H3,(H2,34,36,38). The lowest BCUT2D eigenvalue weighted by molar-refractivity contribution is -0.139. The Kier molecular flexibility index (Phi) is 8.85. The molecule has 1 aromatic heterocycles. The summed E-state index contributed by atoms with van der Waals surface area (Å²) in [6, 6.07) is 22.2. The smallest absolute Gasteiger partial charge is 0.382 e. The molecular weight excluding hydrogens is 553 g/mol. The molecule has 0 atom stereocenters. The number of thioether (sulfide) groups is 2. The van der Waals surface area contributed by atoms with E-state index >= 15 is 0 Å². The fourth-order valence-corrected chi connectivity index (χ4v) is 6.40. The molecule has 3 N–H and O–H groups in total. The molecule has 1 aliphatic rings. The number of hydrogen-bond acceptors (Lipinski definition) is 4. The number of benzene rings is 3. The minimum atomic E-state index is -4.36. The molecule has 5 rings (SSSR count). The van der Waals surface area contributed by atoms with Gasteiger partial charge in [0.05, 0.1) is 5.52 Å². The molecule has 0 bridgehead atoms. The van der Waals surface area contributed by atoms with Gasteiger partial charge >= 0.3 is 12.2 Å². The Morgan fingerprint density at radius 1 is 1.02 bits per heavy atom. The maximum atomic E-state index is 13.7. The minimum absolute atomic E-state index is 0.286. The minimum Gasteiger partial charge on any atom is -0.382 e. The number of halogens is 3. The predicted molar refractivity (Wildman–Crippen MR) is 161 cm³/mol. The summed E-state index contributed by atoms with van der Waals surface area (Å²) in [6.45, 7) is -0.787. The number of nitrogens with zero attached hydrogens (tertiary/aromatic N) is 1. The van der Waals surface area contributed by atoms with E-state index < -0.39 is 12.7 Å². The van der Waals surface area contributed by atoms with Crippen LogP contribution in [0.1, 0.15) is 18.4 Å². The topological polar surface area (TPSA) is 58.1 Å². The number of rotatable bonds is 8. The summed E-state index contributed by atoms with van der Waals surface area (Å²) >= 11 is 3.56. The van der Waals surface area contributed by atoms with E-state index in [2.05, 4.69) is 16.0 Å². The number of anilines is 2. The molecule has 5 nitrogen and oxygen atoms in total. The van der Waals surface area contributed by atoms with Gasteiger partial charge in [-0.1, -0.05) is 30.3 Å². The summed E-state index contributed by atoms with van der Waals surface area (Å²) in [5.41, 5.74) is 4.14. The maximum absolute atomic E-state index is 13.7. The van der Waals surface area contributed by atoms with Crippen molar-refractivity contribution in [2.45, 2.75) is 43.0 Å². The van der Waals surface area contributed by atoms with Crippen molar-refractivity contribution in [3.8, 4) is 11.3 Å². The third-order valence-corrected chi connectivity index (χ3v) is 8.71. The van der Waals surface area contributed by atoms with Crippen LogP contribution in [0.15, 0.2) is 77.7 Å². The van der Waals surface area contributed by atoms with Gasteiger partial charge in [0.15, 0.2) is 0 Å². The van der Waals surface area contributed by atoms with Gasteiger partial charge in [-0.3, -0.25) is 0 Å². The SMILES string of the molecule is CSc1ccc(NC(=O)NCc2ccc(-c3cc4c(NC5CCSCC5)cccc4n3CC(F)(F)F)cc2)cc1. The van der Waals surface area contributed by atoms with Crippen LogP contribution in [0, 0.1) is 0 Å². The molecule has 3 aromatic carbocycles. The van der Waals surface area contributed by atoms with Crippen LogP contribution in [0.2, 0.25) is 0 Å². The molecule has 10 heteroatoms. The molecule has 1 aliphatic heterocycles. The Morgan fingerprint density at radius 2 is 1.75 bits per heavy atom. The second-order valence-corrected chi connectivity index (χ2v) is 11.8. The fourth-order valence-electron chi connectivity index (χ4n) is 4.89. The fraction of sp³-hybridized carbons (Fsp3) is 0.300. The first-order chi connectivity index (χ1) is 19.3. The zero-order chi connectivity index (χ0) is 28.1. The van der Waals surface area contributed by atoms with Gasteiger partial charge in [-0.15, -0.1) is 11.8 Å². The number of aromatic nitrogens is 1. The zero-order valence-electron chi connectivity index (χ0n) is 22.1. The predicted octanol–water partition coefficient (Wildman–Crippen LogP) is 8.22. The van der Waals surface area contributed by atoms with Gasteiger partial charge in [0, 0.05) is 39.9 Å². The van der Waals surface area contributed by atoms with E-state index in [1.165, 1.54) is 4.57 Å². The first-order valence-electron chi connectivity index (χ1n) is 13.1. The number of fused-ring (bicyclic) bond motifs is 1. The number of carbonyl (C=O) groups excluding carboxylic acids is 1. The van der Waals surface area contributed by atoms with Crippen LogP contribution >= 0.6 is 23.5 Å². The Morgan fingerprint density at radius 3 is 2.42 bits per heavy atom. The van der Waals surface area contributed by atoms with Gasteiger partial charge in [0.25, 0.3) is 0 Å². The van der Waals surface area contributed by atoms with Crippen LogP contribution < -0.4 is 16.0 Å². The van der Waals surface area contributed by atoms with Crippen molar-refractivity contribution in [2.75, 3.05) is 28.4 Å². The normalized spacial score (nSPS) is 14.3. The van der Waals surface area contributed by atoms with Gasteiger partial charge < -0.3 is 20.5 Å². The van der Waals surface area contributed by atoms with E-state index in [1.54, 1.807) is 17.8 Å². The first-order valence-corrected chi connectivity index (χ1v) is 15.5. The highest BCUT2D eigenvalue weighted by Gasteiger charge is 2.30. The molecule has 0 radical (unpaired) electrons. The quantitative estimate of drug-likeness (QED) is 0.183. The van der Waals surface area contributed by atoms with E-state index in [9.17, 15) is 18.0 Å². The second-order valence-electron chi connectivity index (χ2n) is 9.73. The average Bonchev–Trinajstić information content (AvgIpc) is 3.31.